The molecule has 1 aromatic rings. The molecule has 0 spiro atoms. The van der Waals surface area contributed by atoms with Crippen molar-refractivity contribution in [2.45, 2.75) is 58.0 Å². The van der Waals surface area contributed by atoms with E-state index in [-0.39, 0.29) is 5.92 Å². The average Bonchev–Trinajstić information content (AvgIpc) is 2.89. The third-order valence-corrected chi connectivity index (χ3v) is 4.29. The van der Waals surface area contributed by atoms with Gasteiger partial charge in [-0.25, -0.2) is 9.48 Å². The fraction of sp³-hybridized carbons (Fsp3) is 0.800. The van der Waals surface area contributed by atoms with Gasteiger partial charge >= 0.3 is 5.97 Å². The van der Waals surface area contributed by atoms with Crippen LogP contribution in [0.4, 0.5) is 0 Å². The molecule has 1 atom stereocenters. The molecule has 1 aliphatic rings. The summed E-state index contributed by atoms with van der Waals surface area (Å²) in [5, 5.41) is 8.18. The minimum Gasteiger partial charge on any atom is -0.464 e. The smallest absolute Gasteiger partial charge is 0.360 e. The highest BCUT2D eigenvalue weighted by Crippen LogP contribution is 2.21. The van der Waals surface area contributed by atoms with Crippen molar-refractivity contribution in [1.29, 1.82) is 0 Å². The molecule has 0 amide bonds. The molecule has 6 heteroatoms. The summed E-state index contributed by atoms with van der Waals surface area (Å²) in [6, 6.07) is 0.601. The van der Waals surface area contributed by atoms with Crippen LogP contribution < -0.4 is 0 Å². The molecular weight excluding hydrogens is 268 g/mol. The Hall–Kier alpha value is -1.43. The van der Waals surface area contributed by atoms with Gasteiger partial charge in [0.1, 0.15) is 0 Å². The summed E-state index contributed by atoms with van der Waals surface area (Å²) in [4.78, 5) is 14.2. The van der Waals surface area contributed by atoms with E-state index in [1.165, 1.54) is 32.9 Å². The highest BCUT2D eigenvalue weighted by molar-refractivity contribution is 5.88. The first-order valence-corrected chi connectivity index (χ1v) is 7.76. The molecule has 118 valence electrons. The average molecular weight is 294 g/mol. The van der Waals surface area contributed by atoms with E-state index in [1.807, 2.05) is 18.5 Å². The van der Waals surface area contributed by atoms with E-state index < -0.39 is 5.97 Å². The Labute approximate surface area is 126 Å². The van der Waals surface area contributed by atoms with Crippen molar-refractivity contribution in [1.82, 2.24) is 19.9 Å². The molecule has 0 bridgehead atoms. The molecule has 0 radical (unpaired) electrons. The van der Waals surface area contributed by atoms with E-state index in [0.717, 1.165) is 18.7 Å². The molecule has 1 fully saturated rings. The van der Waals surface area contributed by atoms with E-state index >= 15 is 0 Å². The Morgan fingerprint density at radius 1 is 1.43 bits per heavy atom. The van der Waals surface area contributed by atoms with Gasteiger partial charge in [0.25, 0.3) is 0 Å². The molecule has 0 N–H and O–H groups in total. The Bertz CT molecular complexity index is 484. The van der Waals surface area contributed by atoms with Crippen LogP contribution in [0.2, 0.25) is 0 Å². The Balaban J connectivity index is 2.09. The number of esters is 1. The monoisotopic (exact) mass is 294 g/mol. The Morgan fingerprint density at radius 2 is 2.19 bits per heavy atom. The van der Waals surface area contributed by atoms with Gasteiger partial charge in [0, 0.05) is 12.6 Å². The van der Waals surface area contributed by atoms with Gasteiger partial charge in [-0.2, -0.15) is 0 Å². The van der Waals surface area contributed by atoms with Crippen molar-refractivity contribution < 1.29 is 9.53 Å². The second kappa shape index (κ2) is 7.02. The van der Waals surface area contributed by atoms with Gasteiger partial charge in [0.2, 0.25) is 0 Å². The van der Waals surface area contributed by atoms with E-state index in [0.29, 0.717) is 11.7 Å². The topological polar surface area (TPSA) is 60.2 Å². The number of nitrogens with zero attached hydrogens (tertiary/aromatic N) is 4. The maximum Gasteiger partial charge on any atom is 0.360 e. The summed E-state index contributed by atoms with van der Waals surface area (Å²) in [6.45, 7) is 6.07. The summed E-state index contributed by atoms with van der Waals surface area (Å²) in [5.41, 5.74) is 1.23. The van der Waals surface area contributed by atoms with Crippen LogP contribution in [-0.4, -0.2) is 52.6 Å². The molecule has 0 aromatic carbocycles. The zero-order valence-electron chi connectivity index (χ0n) is 13.5. The zero-order chi connectivity index (χ0) is 15.4. The molecule has 0 aliphatic carbocycles. The highest BCUT2D eigenvalue weighted by atomic mass is 16.5. The standard InChI is InChI=1S/C15H26N4O2/c1-11(2)14-13(15(20)21-4)16-17-19(14)10-8-12-7-5-6-9-18(12)3/h11-12H,5-10H2,1-4H3. The summed E-state index contributed by atoms with van der Waals surface area (Å²) >= 11 is 0. The molecule has 2 heterocycles. The fourth-order valence-electron chi connectivity index (χ4n) is 3.08. The van der Waals surface area contributed by atoms with Crippen LogP contribution in [-0.2, 0) is 11.3 Å². The third-order valence-electron chi connectivity index (χ3n) is 4.29. The first kappa shape index (κ1) is 15.9. The minimum atomic E-state index is -0.403. The largest absolute Gasteiger partial charge is 0.464 e. The number of methoxy groups -OCH3 is 1. The van der Waals surface area contributed by atoms with E-state index in [4.69, 9.17) is 4.74 Å². The zero-order valence-corrected chi connectivity index (χ0v) is 13.5. The predicted octanol–water partition coefficient (Wildman–Crippen LogP) is 2.06. The van der Waals surface area contributed by atoms with Crippen molar-refractivity contribution in [3.63, 3.8) is 0 Å². The highest BCUT2D eigenvalue weighted by Gasteiger charge is 2.24. The molecule has 0 saturated carbocycles. The van der Waals surface area contributed by atoms with Crippen molar-refractivity contribution in [2.75, 3.05) is 20.7 Å². The summed E-state index contributed by atoms with van der Waals surface area (Å²) in [6.07, 6.45) is 4.88. The van der Waals surface area contributed by atoms with E-state index in [1.54, 1.807) is 0 Å². The number of carbonyl (C=O) groups excluding carboxylic acids is 1. The summed E-state index contributed by atoms with van der Waals surface area (Å²) in [7, 11) is 3.57. The van der Waals surface area contributed by atoms with Gasteiger partial charge in [0.05, 0.1) is 12.8 Å². The van der Waals surface area contributed by atoms with Crippen LogP contribution >= 0.6 is 0 Å². The normalized spacial score (nSPS) is 20.0. The molecule has 2 rings (SSSR count). The van der Waals surface area contributed by atoms with E-state index in [2.05, 4.69) is 22.3 Å². The van der Waals surface area contributed by atoms with Crippen LogP contribution in [0.5, 0.6) is 0 Å². The fourth-order valence-corrected chi connectivity index (χ4v) is 3.08. The SMILES string of the molecule is COC(=O)c1nnn(CCC2CCCCN2C)c1C(C)C. The number of likely N-dealkylation sites (tertiary alicyclic amines) is 1. The number of aryl methyl sites for hydroxylation is 1. The Kier molecular flexibility index (Phi) is 5.33. The van der Waals surface area contributed by atoms with Gasteiger partial charge < -0.3 is 9.64 Å². The minimum absolute atomic E-state index is 0.193. The molecule has 1 aliphatic heterocycles. The number of rotatable bonds is 5. The van der Waals surface area contributed by atoms with Crippen LogP contribution in [0.15, 0.2) is 0 Å². The lowest BCUT2D eigenvalue weighted by Gasteiger charge is -2.32. The predicted molar refractivity (Wildman–Crippen MR) is 80.3 cm³/mol. The number of hydrogen-bond donors (Lipinski definition) is 0. The third kappa shape index (κ3) is 3.61. The van der Waals surface area contributed by atoms with Crippen LogP contribution in [0.1, 0.15) is 61.6 Å². The maximum atomic E-state index is 11.8. The lowest BCUT2D eigenvalue weighted by Crippen LogP contribution is -2.37. The molecule has 6 nitrogen and oxygen atoms in total. The van der Waals surface area contributed by atoms with Gasteiger partial charge in [-0.3, -0.25) is 0 Å². The first-order valence-electron chi connectivity index (χ1n) is 7.76. The quantitative estimate of drug-likeness (QED) is 0.778. The number of aromatic nitrogens is 3. The van der Waals surface area contributed by atoms with Crippen molar-refractivity contribution in [2.24, 2.45) is 0 Å². The molecular formula is C15H26N4O2. The van der Waals surface area contributed by atoms with Crippen molar-refractivity contribution in [3.8, 4) is 0 Å². The van der Waals surface area contributed by atoms with Gasteiger partial charge in [0.15, 0.2) is 5.69 Å². The van der Waals surface area contributed by atoms with E-state index in [9.17, 15) is 4.79 Å². The van der Waals surface area contributed by atoms with Crippen LogP contribution in [0.3, 0.4) is 0 Å². The number of ether oxygens (including phenoxy) is 1. The van der Waals surface area contributed by atoms with Gasteiger partial charge in [-0.05, 0) is 38.8 Å². The van der Waals surface area contributed by atoms with Gasteiger partial charge in [-0.1, -0.05) is 25.5 Å². The number of carbonyl (C=O) groups is 1. The molecule has 1 saturated heterocycles. The lowest BCUT2D eigenvalue weighted by molar-refractivity contribution is 0.0592. The van der Waals surface area contributed by atoms with Crippen molar-refractivity contribution >= 4 is 5.97 Å². The summed E-state index contributed by atoms with van der Waals surface area (Å²) in [5.74, 6) is -0.210. The second-order valence-electron chi connectivity index (χ2n) is 6.11. The second-order valence-corrected chi connectivity index (χ2v) is 6.11. The summed E-state index contributed by atoms with van der Waals surface area (Å²) < 4.78 is 6.66. The van der Waals surface area contributed by atoms with Crippen molar-refractivity contribution in [3.05, 3.63) is 11.4 Å². The van der Waals surface area contributed by atoms with Crippen LogP contribution in [0.25, 0.3) is 0 Å². The lowest BCUT2D eigenvalue weighted by atomic mass is 10.00. The molecule has 1 aromatic heterocycles. The van der Waals surface area contributed by atoms with Crippen LogP contribution in [0, 0.1) is 0 Å². The molecule has 1 unspecified atom stereocenters. The first-order chi connectivity index (χ1) is 10.0. The maximum absolute atomic E-state index is 11.8. The number of piperidine rings is 1. The van der Waals surface area contributed by atoms with Gasteiger partial charge in [-0.15, -0.1) is 5.10 Å². The number of hydrogen-bond acceptors (Lipinski definition) is 5. The Morgan fingerprint density at radius 3 is 2.81 bits per heavy atom. The molecule has 21 heavy (non-hydrogen) atoms.